The van der Waals surface area contributed by atoms with Gasteiger partial charge in [-0.3, -0.25) is 14.6 Å². The van der Waals surface area contributed by atoms with Gasteiger partial charge < -0.3 is 19.1 Å². The van der Waals surface area contributed by atoms with Gasteiger partial charge in [-0.25, -0.2) is 4.79 Å². The molecule has 0 unspecified atom stereocenters. The van der Waals surface area contributed by atoms with E-state index in [1.165, 1.54) is 4.90 Å². The van der Waals surface area contributed by atoms with Gasteiger partial charge in [-0.2, -0.15) is 0 Å². The lowest BCUT2D eigenvalue weighted by Gasteiger charge is -2.42. The van der Waals surface area contributed by atoms with Crippen molar-refractivity contribution in [2.75, 3.05) is 53.1 Å². The number of fused-ring (bicyclic) bond motifs is 1. The number of hydrogen-bond donors (Lipinski definition) is 0. The van der Waals surface area contributed by atoms with E-state index in [1.807, 2.05) is 35.2 Å². The van der Waals surface area contributed by atoms with Crippen molar-refractivity contribution >= 4 is 11.9 Å². The molecule has 0 aromatic heterocycles. The van der Waals surface area contributed by atoms with Gasteiger partial charge >= 0.3 is 6.03 Å². The summed E-state index contributed by atoms with van der Waals surface area (Å²) >= 11 is 0. The van der Waals surface area contributed by atoms with Crippen LogP contribution in [-0.4, -0.2) is 85.3 Å². The molecule has 3 aliphatic heterocycles. The van der Waals surface area contributed by atoms with Gasteiger partial charge in [-0.05, 0) is 42.5 Å². The Labute approximate surface area is 206 Å². The topological polar surface area (TPSA) is 71.6 Å². The van der Waals surface area contributed by atoms with E-state index < -0.39 is 5.54 Å². The number of ether oxygens (including phenoxy) is 3. The smallest absolute Gasteiger partial charge is 0.327 e. The molecule has 0 radical (unpaired) electrons. The number of imide groups is 1. The zero-order chi connectivity index (χ0) is 24.3. The second-order valence-corrected chi connectivity index (χ2v) is 9.41. The zero-order valence-corrected chi connectivity index (χ0v) is 20.3. The number of hydrogen-bond acceptors (Lipinski definition) is 6. The molecular formula is C27H33N3O5. The number of benzene rings is 2. The van der Waals surface area contributed by atoms with Crippen LogP contribution < -0.4 is 9.47 Å². The molecule has 1 spiro atoms. The molecule has 3 aliphatic rings. The number of carbonyl (C=O) groups excluding carboxylic acids is 2. The number of carbonyl (C=O) groups is 2. The molecule has 0 aliphatic carbocycles. The summed E-state index contributed by atoms with van der Waals surface area (Å²) in [5.41, 5.74) is 1.54. The molecule has 3 heterocycles. The van der Waals surface area contributed by atoms with Crippen LogP contribution in [0, 0.1) is 0 Å². The Bertz CT molecular complexity index is 1050. The van der Waals surface area contributed by atoms with E-state index in [9.17, 15) is 9.59 Å². The maximum atomic E-state index is 13.6. The van der Waals surface area contributed by atoms with E-state index in [0.717, 1.165) is 48.7 Å². The first-order chi connectivity index (χ1) is 17.1. The molecule has 3 amide bonds. The molecule has 5 rings (SSSR count). The number of likely N-dealkylation sites (tertiary alicyclic amines) is 1. The summed E-state index contributed by atoms with van der Waals surface area (Å²) in [5, 5.41) is 0. The average molecular weight is 480 g/mol. The molecule has 35 heavy (non-hydrogen) atoms. The summed E-state index contributed by atoms with van der Waals surface area (Å²) in [6.07, 6.45) is 1.97. The van der Waals surface area contributed by atoms with Gasteiger partial charge in [-0.15, -0.1) is 0 Å². The number of rotatable bonds is 8. The molecular weight excluding hydrogens is 446 g/mol. The summed E-state index contributed by atoms with van der Waals surface area (Å²) < 4.78 is 16.5. The third-order valence-electron chi connectivity index (χ3n) is 7.30. The lowest BCUT2D eigenvalue weighted by molar-refractivity contribution is -0.136. The van der Waals surface area contributed by atoms with Crippen LogP contribution in [0.3, 0.4) is 0 Å². The minimum atomic E-state index is -0.775. The van der Waals surface area contributed by atoms with Gasteiger partial charge in [0.15, 0.2) is 11.5 Å². The van der Waals surface area contributed by atoms with Crippen LogP contribution in [0.1, 0.15) is 24.0 Å². The van der Waals surface area contributed by atoms with Crippen molar-refractivity contribution in [1.29, 1.82) is 0 Å². The predicted molar refractivity (Wildman–Crippen MR) is 131 cm³/mol. The molecule has 2 fully saturated rings. The Balaban J connectivity index is 1.29. The predicted octanol–water partition coefficient (Wildman–Crippen LogP) is 2.95. The molecule has 2 saturated heterocycles. The lowest BCUT2D eigenvalue weighted by atomic mass is 9.85. The third-order valence-corrected chi connectivity index (χ3v) is 7.30. The molecule has 2 aromatic rings. The van der Waals surface area contributed by atoms with Crippen molar-refractivity contribution in [3.8, 4) is 11.5 Å². The summed E-state index contributed by atoms with van der Waals surface area (Å²) in [5.74, 6) is 1.50. The Morgan fingerprint density at radius 3 is 2.40 bits per heavy atom. The summed E-state index contributed by atoms with van der Waals surface area (Å²) in [6, 6.07) is 16.0. The van der Waals surface area contributed by atoms with Gasteiger partial charge in [-0.1, -0.05) is 36.4 Å². The first kappa shape index (κ1) is 23.6. The van der Waals surface area contributed by atoms with Gasteiger partial charge in [0.1, 0.15) is 18.8 Å². The molecule has 8 nitrogen and oxygen atoms in total. The van der Waals surface area contributed by atoms with Crippen LogP contribution in [0.2, 0.25) is 0 Å². The van der Waals surface area contributed by atoms with Crippen molar-refractivity contribution in [2.24, 2.45) is 0 Å². The Morgan fingerprint density at radius 1 is 0.914 bits per heavy atom. The van der Waals surface area contributed by atoms with Crippen molar-refractivity contribution in [3.05, 3.63) is 59.7 Å². The quantitative estimate of drug-likeness (QED) is 0.542. The van der Waals surface area contributed by atoms with Crippen LogP contribution in [0.5, 0.6) is 11.5 Å². The summed E-state index contributed by atoms with van der Waals surface area (Å²) in [7, 11) is 1.59. The fourth-order valence-corrected chi connectivity index (χ4v) is 5.37. The van der Waals surface area contributed by atoms with Crippen LogP contribution >= 0.6 is 0 Å². The SMILES string of the molecule is COCCN1C(=O)N(CCc2ccccc2)C2(CCN(Cc3ccc4c(c3)OCCO4)CC2)C1=O. The molecule has 0 atom stereocenters. The van der Waals surface area contributed by atoms with Gasteiger partial charge in [0.05, 0.1) is 13.2 Å². The monoisotopic (exact) mass is 479 g/mol. The van der Waals surface area contributed by atoms with Crippen molar-refractivity contribution in [1.82, 2.24) is 14.7 Å². The van der Waals surface area contributed by atoms with Gasteiger partial charge in [0, 0.05) is 33.3 Å². The van der Waals surface area contributed by atoms with E-state index in [4.69, 9.17) is 14.2 Å². The first-order valence-electron chi connectivity index (χ1n) is 12.4. The van der Waals surface area contributed by atoms with E-state index in [1.54, 1.807) is 7.11 Å². The highest BCUT2D eigenvalue weighted by molar-refractivity contribution is 6.07. The van der Waals surface area contributed by atoms with Crippen LogP contribution in [0.4, 0.5) is 4.79 Å². The van der Waals surface area contributed by atoms with Crippen molar-refractivity contribution in [2.45, 2.75) is 31.3 Å². The lowest BCUT2D eigenvalue weighted by Crippen LogP contribution is -2.56. The number of methoxy groups -OCH3 is 1. The average Bonchev–Trinajstić information content (AvgIpc) is 3.08. The Hall–Kier alpha value is -3.10. The van der Waals surface area contributed by atoms with E-state index >= 15 is 0 Å². The largest absolute Gasteiger partial charge is 0.486 e. The Kier molecular flexibility index (Phi) is 6.92. The Morgan fingerprint density at radius 2 is 1.66 bits per heavy atom. The van der Waals surface area contributed by atoms with Gasteiger partial charge in [0.25, 0.3) is 5.91 Å². The molecule has 8 heteroatoms. The van der Waals surface area contributed by atoms with E-state index in [0.29, 0.717) is 45.8 Å². The minimum Gasteiger partial charge on any atom is -0.486 e. The summed E-state index contributed by atoms with van der Waals surface area (Å²) in [6.45, 7) is 4.56. The second-order valence-electron chi connectivity index (χ2n) is 9.41. The zero-order valence-electron chi connectivity index (χ0n) is 20.3. The first-order valence-corrected chi connectivity index (χ1v) is 12.4. The van der Waals surface area contributed by atoms with Crippen molar-refractivity contribution in [3.63, 3.8) is 0 Å². The maximum Gasteiger partial charge on any atom is 0.327 e. The van der Waals surface area contributed by atoms with Crippen LogP contribution in [-0.2, 0) is 22.5 Å². The highest BCUT2D eigenvalue weighted by Gasteiger charge is 2.57. The number of piperidine rings is 1. The fraction of sp³-hybridized carbons (Fsp3) is 0.481. The van der Waals surface area contributed by atoms with Crippen LogP contribution in [0.25, 0.3) is 0 Å². The minimum absolute atomic E-state index is 0.0772. The maximum absolute atomic E-state index is 13.6. The third kappa shape index (κ3) is 4.73. The van der Waals surface area contributed by atoms with E-state index in [2.05, 4.69) is 23.1 Å². The standard InChI is InChI=1S/C27H33N3O5/c1-33-16-15-29-25(31)27(30(26(29)32)12-9-21-5-3-2-4-6-21)10-13-28(14-11-27)20-22-7-8-23-24(19-22)35-18-17-34-23/h2-8,19H,9-18,20H2,1H3. The normalized spacial score (nSPS) is 19.6. The number of urea groups is 1. The number of nitrogens with zero attached hydrogens (tertiary/aromatic N) is 3. The summed E-state index contributed by atoms with van der Waals surface area (Å²) in [4.78, 5) is 32.5. The van der Waals surface area contributed by atoms with Crippen LogP contribution in [0.15, 0.2) is 48.5 Å². The molecule has 186 valence electrons. The molecule has 2 aromatic carbocycles. The van der Waals surface area contributed by atoms with Crippen molar-refractivity contribution < 1.29 is 23.8 Å². The fourth-order valence-electron chi connectivity index (χ4n) is 5.37. The second kappa shape index (κ2) is 10.3. The molecule has 0 saturated carbocycles. The van der Waals surface area contributed by atoms with E-state index in [-0.39, 0.29) is 11.9 Å². The number of amides is 3. The van der Waals surface area contributed by atoms with Gasteiger partial charge in [0.2, 0.25) is 0 Å². The molecule has 0 N–H and O–H groups in total. The highest BCUT2D eigenvalue weighted by atomic mass is 16.6. The molecule has 0 bridgehead atoms. The highest BCUT2D eigenvalue weighted by Crippen LogP contribution is 2.38.